The summed E-state index contributed by atoms with van der Waals surface area (Å²) < 4.78 is 7.24. The van der Waals surface area contributed by atoms with E-state index in [4.69, 9.17) is 4.74 Å². The summed E-state index contributed by atoms with van der Waals surface area (Å²) in [7, 11) is 1.96. The van der Waals surface area contributed by atoms with Crippen molar-refractivity contribution in [3.05, 3.63) is 12.4 Å². The molecule has 0 amide bonds. The largest absolute Gasteiger partial charge is 0.391 e. The van der Waals surface area contributed by atoms with E-state index in [9.17, 15) is 5.11 Å². The van der Waals surface area contributed by atoms with Gasteiger partial charge in [-0.05, 0) is 0 Å². The van der Waals surface area contributed by atoms with Crippen LogP contribution in [-0.2, 0) is 11.8 Å². The number of ether oxygens (including phenoxy) is 1. The number of hydrogen-bond acceptors (Lipinski definition) is 5. The summed E-state index contributed by atoms with van der Waals surface area (Å²) >= 11 is 1.59. The number of β-amino-alcohol motifs (C(OH)–C–C–N with tert-alkyl or cyclic N) is 1. The second kappa shape index (κ2) is 6.39. The minimum absolute atomic E-state index is 0.310. The van der Waals surface area contributed by atoms with E-state index in [1.807, 2.05) is 17.8 Å². The van der Waals surface area contributed by atoms with Gasteiger partial charge in [-0.25, -0.2) is 4.98 Å². The third-order valence-electron chi connectivity index (χ3n) is 2.75. The molecule has 0 radical (unpaired) electrons. The van der Waals surface area contributed by atoms with Crippen molar-refractivity contribution in [2.45, 2.75) is 11.3 Å². The smallest absolute Gasteiger partial charge is 0.167 e. The third-order valence-corrected chi connectivity index (χ3v) is 3.96. The zero-order chi connectivity index (χ0) is 12.1. The van der Waals surface area contributed by atoms with Crippen molar-refractivity contribution < 1.29 is 9.84 Å². The van der Waals surface area contributed by atoms with E-state index in [0.717, 1.165) is 38.0 Å². The van der Waals surface area contributed by atoms with Gasteiger partial charge in [-0.3, -0.25) is 4.90 Å². The molecule has 2 rings (SSSR count). The first-order valence-corrected chi connectivity index (χ1v) is 6.82. The highest BCUT2D eigenvalue weighted by Gasteiger charge is 2.15. The Balaban J connectivity index is 1.70. The number of thioether (sulfide) groups is 1. The SMILES string of the molecule is Cn1ccnc1SC[C@H](O)CN1CCOCC1. The number of aliphatic hydroxyl groups excluding tert-OH is 1. The molecule has 2 heterocycles. The lowest BCUT2D eigenvalue weighted by Gasteiger charge is -2.28. The predicted octanol–water partition coefficient (Wildman–Crippen LogP) is 0.205. The molecule has 6 heteroatoms. The third kappa shape index (κ3) is 3.99. The van der Waals surface area contributed by atoms with E-state index in [2.05, 4.69) is 9.88 Å². The normalized spacial score (nSPS) is 19.4. The summed E-state index contributed by atoms with van der Waals surface area (Å²) in [5.74, 6) is 0.683. The topological polar surface area (TPSA) is 50.5 Å². The molecule has 96 valence electrons. The number of nitrogens with zero attached hydrogens (tertiary/aromatic N) is 3. The zero-order valence-electron chi connectivity index (χ0n) is 10.1. The lowest BCUT2D eigenvalue weighted by Crippen LogP contribution is -2.41. The molecule has 0 unspecified atom stereocenters. The summed E-state index contributed by atoms with van der Waals surface area (Å²) in [6.45, 7) is 4.12. The summed E-state index contributed by atoms with van der Waals surface area (Å²) in [6.07, 6.45) is 3.38. The van der Waals surface area contributed by atoms with Gasteiger partial charge in [0.2, 0.25) is 0 Å². The summed E-state index contributed by atoms with van der Waals surface area (Å²) in [6, 6.07) is 0. The van der Waals surface area contributed by atoms with Gasteiger partial charge in [0.05, 0.1) is 19.3 Å². The Kier molecular flexibility index (Phi) is 4.85. The molecular formula is C11H19N3O2S. The fourth-order valence-corrected chi connectivity index (χ4v) is 2.64. The minimum Gasteiger partial charge on any atom is -0.391 e. The first-order chi connectivity index (χ1) is 8.25. The van der Waals surface area contributed by atoms with E-state index >= 15 is 0 Å². The Morgan fingerprint density at radius 3 is 2.94 bits per heavy atom. The Morgan fingerprint density at radius 1 is 1.53 bits per heavy atom. The molecule has 5 nitrogen and oxygen atoms in total. The molecule has 0 aromatic carbocycles. The second-order valence-corrected chi connectivity index (χ2v) is 5.19. The standard InChI is InChI=1S/C11H19N3O2S/c1-13-3-2-12-11(13)17-9-10(15)8-14-4-6-16-7-5-14/h2-3,10,15H,4-9H2,1H3/t10-/m1/s1. The molecule has 1 saturated heterocycles. The number of morpholine rings is 1. The van der Waals surface area contributed by atoms with Crippen molar-refractivity contribution in [2.75, 3.05) is 38.6 Å². The van der Waals surface area contributed by atoms with Gasteiger partial charge < -0.3 is 14.4 Å². The minimum atomic E-state index is -0.310. The Bertz CT molecular complexity index is 339. The molecule has 0 bridgehead atoms. The molecule has 1 atom stereocenters. The van der Waals surface area contributed by atoms with Gasteiger partial charge in [-0.1, -0.05) is 11.8 Å². The maximum absolute atomic E-state index is 9.95. The molecule has 1 N–H and O–H groups in total. The van der Waals surface area contributed by atoms with Crippen LogP contribution >= 0.6 is 11.8 Å². The molecule has 1 fully saturated rings. The first kappa shape index (κ1) is 12.9. The van der Waals surface area contributed by atoms with Crippen LogP contribution in [0.5, 0.6) is 0 Å². The predicted molar refractivity (Wildman–Crippen MR) is 67.2 cm³/mol. The molecule has 1 aromatic heterocycles. The number of imidazole rings is 1. The summed E-state index contributed by atoms with van der Waals surface area (Å²) in [5, 5.41) is 10.9. The molecular weight excluding hydrogens is 238 g/mol. The van der Waals surface area contributed by atoms with Crippen molar-refractivity contribution in [2.24, 2.45) is 7.05 Å². The average Bonchev–Trinajstić information content (AvgIpc) is 2.74. The van der Waals surface area contributed by atoms with Crippen molar-refractivity contribution in [3.8, 4) is 0 Å². The second-order valence-electron chi connectivity index (χ2n) is 4.20. The fourth-order valence-electron chi connectivity index (χ4n) is 1.80. The van der Waals surface area contributed by atoms with E-state index in [0.29, 0.717) is 5.75 Å². The highest BCUT2D eigenvalue weighted by atomic mass is 32.2. The van der Waals surface area contributed by atoms with Crippen molar-refractivity contribution in [1.29, 1.82) is 0 Å². The van der Waals surface area contributed by atoms with Crippen LogP contribution in [0.25, 0.3) is 0 Å². The lowest BCUT2D eigenvalue weighted by atomic mass is 10.3. The molecule has 1 aliphatic rings. The van der Waals surface area contributed by atoms with Gasteiger partial charge in [0.15, 0.2) is 5.16 Å². The van der Waals surface area contributed by atoms with Crippen LogP contribution in [0.3, 0.4) is 0 Å². The Morgan fingerprint density at radius 2 is 2.29 bits per heavy atom. The van der Waals surface area contributed by atoms with Crippen LogP contribution in [0.4, 0.5) is 0 Å². The lowest BCUT2D eigenvalue weighted by molar-refractivity contribution is 0.0188. The quantitative estimate of drug-likeness (QED) is 0.764. The van der Waals surface area contributed by atoms with Crippen LogP contribution in [-0.4, -0.2) is 64.3 Å². The van der Waals surface area contributed by atoms with E-state index in [1.165, 1.54) is 0 Å². The zero-order valence-corrected chi connectivity index (χ0v) is 10.9. The van der Waals surface area contributed by atoms with Crippen LogP contribution in [0.1, 0.15) is 0 Å². The van der Waals surface area contributed by atoms with Gasteiger partial charge >= 0.3 is 0 Å². The maximum atomic E-state index is 9.95. The van der Waals surface area contributed by atoms with Gasteiger partial charge in [-0.2, -0.15) is 0 Å². The van der Waals surface area contributed by atoms with Crippen LogP contribution in [0.2, 0.25) is 0 Å². The molecule has 1 aromatic rings. The van der Waals surface area contributed by atoms with Crippen molar-refractivity contribution >= 4 is 11.8 Å². The number of aromatic nitrogens is 2. The van der Waals surface area contributed by atoms with Gasteiger partial charge in [-0.15, -0.1) is 0 Å². The number of hydrogen-bond donors (Lipinski definition) is 1. The number of rotatable bonds is 5. The van der Waals surface area contributed by atoms with Crippen LogP contribution in [0, 0.1) is 0 Å². The molecule has 1 aliphatic heterocycles. The Hall–Kier alpha value is -0.560. The van der Waals surface area contributed by atoms with Gasteiger partial charge in [0.25, 0.3) is 0 Å². The molecule has 0 aliphatic carbocycles. The van der Waals surface area contributed by atoms with E-state index < -0.39 is 0 Å². The maximum Gasteiger partial charge on any atom is 0.167 e. The summed E-state index contributed by atoms with van der Waals surface area (Å²) in [4.78, 5) is 6.46. The van der Waals surface area contributed by atoms with E-state index in [-0.39, 0.29) is 6.10 Å². The van der Waals surface area contributed by atoms with Crippen molar-refractivity contribution in [3.63, 3.8) is 0 Å². The monoisotopic (exact) mass is 257 g/mol. The highest BCUT2D eigenvalue weighted by molar-refractivity contribution is 7.99. The van der Waals surface area contributed by atoms with Crippen molar-refractivity contribution in [1.82, 2.24) is 14.5 Å². The van der Waals surface area contributed by atoms with Crippen LogP contribution in [0.15, 0.2) is 17.6 Å². The molecule has 17 heavy (non-hydrogen) atoms. The average molecular weight is 257 g/mol. The fraction of sp³-hybridized carbons (Fsp3) is 0.727. The number of aryl methyl sites for hydroxylation is 1. The van der Waals surface area contributed by atoms with Crippen LogP contribution < -0.4 is 0 Å². The van der Waals surface area contributed by atoms with Gasteiger partial charge in [0, 0.05) is 44.8 Å². The Labute approximate surface area is 106 Å². The van der Waals surface area contributed by atoms with E-state index in [1.54, 1.807) is 18.0 Å². The molecule has 0 spiro atoms. The highest BCUT2D eigenvalue weighted by Crippen LogP contribution is 2.16. The molecule has 0 saturated carbocycles. The summed E-state index contributed by atoms with van der Waals surface area (Å²) in [5.41, 5.74) is 0. The first-order valence-electron chi connectivity index (χ1n) is 5.84. The number of aliphatic hydroxyl groups is 1. The van der Waals surface area contributed by atoms with Gasteiger partial charge in [0.1, 0.15) is 0 Å².